The van der Waals surface area contributed by atoms with E-state index in [4.69, 9.17) is 4.74 Å². The maximum atomic E-state index is 11.3. The Bertz CT molecular complexity index is 589. The third-order valence-electron chi connectivity index (χ3n) is 4.27. The van der Waals surface area contributed by atoms with E-state index in [1.807, 2.05) is 30.3 Å². The molecule has 1 aliphatic carbocycles. The van der Waals surface area contributed by atoms with E-state index in [2.05, 4.69) is 18.2 Å². The van der Waals surface area contributed by atoms with Crippen molar-refractivity contribution in [1.29, 1.82) is 0 Å². The van der Waals surface area contributed by atoms with Crippen LogP contribution >= 0.6 is 0 Å². The first-order chi connectivity index (χ1) is 9.74. The molecule has 3 rings (SSSR count). The predicted molar refractivity (Wildman–Crippen MR) is 80.0 cm³/mol. The number of methoxy groups -OCH3 is 1. The molecule has 0 bridgehead atoms. The lowest BCUT2D eigenvalue weighted by molar-refractivity contribution is 0.0704. The van der Waals surface area contributed by atoms with Gasteiger partial charge in [-0.15, -0.1) is 0 Å². The number of hydrogen-bond donors (Lipinski definition) is 1. The highest BCUT2D eigenvalue weighted by Gasteiger charge is 2.34. The van der Waals surface area contributed by atoms with Crippen LogP contribution in [0.15, 0.2) is 48.5 Å². The van der Waals surface area contributed by atoms with Crippen molar-refractivity contribution in [1.82, 2.24) is 0 Å². The van der Waals surface area contributed by atoms with Crippen molar-refractivity contribution in [3.05, 3.63) is 65.2 Å². The number of aryl methyl sites for hydroxylation is 1. The third kappa shape index (κ3) is 2.20. The van der Waals surface area contributed by atoms with E-state index in [1.54, 1.807) is 7.11 Å². The Hall–Kier alpha value is -1.80. The molecule has 0 saturated carbocycles. The predicted octanol–water partition coefficient (Wildman–Crippen LogP) is 3.66. The van der Waals surface area contributed by atoms with Crippen molar-refractivity contribution in [3.8, 4) is 5.75 Å². The molecule has 1 N–H and O–H groups in total. The summed E-state index contributed by atoms with van der Waals surface area (Å²) in [6, 6.07) is 16.0. The van der Waals surface area contributed by atoms with Gasteiger partial charge in [0.15, 0.2) is 0 Å². The van der Waals surface area contributed by atoms with E-state index in [1.165, 1.54) is 5.56 Å². The molecule has 0 aliphatic heterocycles. The number of benzene rings is 2. The highest BCUT2D eigenvalue weighted by molar-refractivity contribution is 5.43. The topological polar surface area (TPSA) is 29.5 Å². The van der Waals surface area contributed by atoms with E-state index in [-0.39, 0.29) is 0 Å². The standard InChI is InChI=1S/C18H20O2/c1-20-16-11-9-15(10-12-16)18(19)13-5-4-7-14-6-2-3-8-17(14)18/h2-3,6,8-12,19H,4-5,7,13H2,1H3. The maximum Gasteiger partial charge on any atom is 0.118 e. The Balaban J connectivity index is 2.09. The van der Waals surface area contributed by atoms with Gasteiger partial charge in [0.25, 0.3) is 0 Å². The van der Waals surface area contributed by atoms with Crippen LogP contribution in [0.4, 0.5) is 0 Å². The minimum Gasteiger partial charge on any atom is -0.497 e. The fourth-order valence-corrected chi connectivity index (χ4v) is 3.14. The number of aliphatic hydroxyl groups is 1. The molecule has 104 valence electrons. The SMILES string of the molecule is COc1ccc(C2(O)CCCCc3ccccc32)cc1. The second-order valence-electron chi connectivity index (χ2n) is 5.45. The summed E-state index contributed by atoms with van der Waals surface area (Å²) in [5.74, 6) is 0.819. The fraction of sp³-hybridized carbons (Fsp3) is 0.333. The molecule has 1 aliphatic rings. The summed E-state index contributed by atoms with van der Waals surface area (Å²) < 4.78 is 5.20. The summed E-state index contributed by atoms with van der Waals surface area (Å²) in [7, 11) is 1.66. The summed E-state index contributed by atoms with van der Waals surface area (Å²) in [5, 5.41) is 11.3. The fourth-order valence-electron chi connectivity index (χ4n) is 3.14. The first kappa shape index (κ1) is 13.2. The molecule has 0 fully saturated rings. The largest absolute Gasteiger partial charge is 0.497 e. The zero-order valence-electron chi connectivity index (χ0n) is 11.8. The summed E-state index contributed by atoms with van der Waals surface area (Å²) in [6.45, 7) is 0. The highest BCUT2D eigenvalue weighted by Crippen LogP contribution is 2.39. The van der Waals surface area contributed by atoms with Gasteiger partial charge in [0.2, 0.25) is 0 Å². The van der Waals surface area contributed by atoms with Gasteiger partial charge < -0.3 is 9.84 Å². The molecule has 2 heteroatoms. The zero-order valence-corrected chi connectivity index (χ0v) is 11.8. The Labute approximate surface area is 120 Å². The van der Waals surface area contributed by atoms with Crippen molar-refractivity contribution < 1.29 is 9.84 Å². The van der Waals surface area contributed by atoms with Crippen LogP contribution in [0.5, 0.6) is 5.75 Å². The van der Waals surface area contributed by atoms with Gasteiger partial charge in [-0.1, -0.05) is 36.4 Å². The van der Waals surface area contributed by atoms with Crippen LogP contribution in [0.3, 0.4) is 0 Å². The molecule has 0 saturated heterocycles. The molecular formula is C18H20O2. The summed E-state index contributed by atoms with van der Waals surface area (Å²) in [5.41, 5.74) is 2.40. The average molecular weight is 268 g/mol. The summed E-state index contributed by atoms with van der Waals surface area (Å²) in [4.78, 5) is 0. The molecule has 0 aromatic heterocycles. The van der Waals surface area contributed by atoms with E-state index in [0.717, 1.165) is 42.6 Å². The van der Waals surface area contributed by atoms with Crippen molar-refractivity contribution in [2.75, 3.05) is 7.11 Å². The third-order valence-corrected chi connectivity index (χ3v) is 4.27. The van der Waals surface area contributed by atoms with Gasteiger partial charge in [-0.3, -0.25) is 0 Å². The van der Waals surface area contributed by atoms with Crippen LogP contribution in [-0.2, 0) is 12.0 Å². The lowest BCUT2D eigenvalue weighted by Gasteiger charge is -2.29. The van der Waals surface area contributed by atoms with Crippen molar-refractivity contribution in [2.24, 2.45) is 0 Å². The van der Waals surface area contributed by atoms with Gasteiger partial charge in [0, 0.05) is 0 Å². The van der Waals surface area contributed by atoms with Crippen LogP contribution in [-0.4, -0.2) is 12.2 Å². The van der Waals surface area contributed by atoms with Gasteiger partial charge in [0.05, 0.1) is 7.11 Å². The smallest absolute Gasteiger partial charge is 0.118 e. The van der Waals surface area contributed by atoms with Gasteiger partial charge in [-0.25, -0.2) is 0 Å². The minimum atomic E-state index is -0.876. The highest BCUT2D eigenvalue weighted by atomic mass is 16.5. The Morgan fingerprint density at radius 1 is 1.00 bits per heavy atom. The number of fused-ring (bicyclic) bond motifs is 1. The molecule has 2 nitrogen and oxygen atoms in total. The molecular weight excluding hydrogens is 248 g/mol. The van der Waals surface area contributed by atoms with E-state index in [9.17, 15) is 5.11 Å². The van der Waals surface area contributed by atoms with E-state index < -0.39 is 5.60 Å². The normalized spacial score (nSPS) is 21.9. The Kier molecular flexibility index (Phi) is 3.49. The zero-order chi connectivity index (χ0) is 14.0. The molecule has 0 radical (unpaired) electrons. The molecule has 1 atom stereocenters. The molecule has 0 spiro atoms. The second-order valence-corrected chi connectivity index (χ2v) is 5.45. The van der Waals surface area contributed by atoms with Crippen molar-refractivity contribution in [3.63, 3.8) is 0 Å². The maximum absolute atomic E-state index is 11.3. The van der Waals surface area contributed by atoms with E-state index >= 15 is 0 Å². The molecule has 2 aromatic rings. The van der Waals surface area contributed by atoms with Gasteiger partial charge >= 0.3 is 0 Å². The summed E-state index contributed by atoms with van der Waals surface area (Å²) in [6.07, 6.45) is 4.00. The minimum absolute atomic E-state index is 0.774. The average Bonchev–Trinajstić information content (AvgIpc) is 2.68. The first-order valence-corrected chi connectivity index (χ1v) is 7.19. The van der Waals surface area contributed by atoms with Crippen LogP contribution in [0.1, 0.15) is 36.0 Å². The van der Waals surface area contributed by atoms with Crippen LogP contribution in [0.2, 0.25) is 0 Å². The Morgan fingerprint density at radius 2 is 1.75 bits per heavy atom. The summed E-state index contributed by atoms with van der Waals surface area (Å²) >= 11 is 0. The van der Waals surface area contributed by atoms with Gasteiger partial charge in [-0.05, 0) is 54.5 Å². The molecule has 2 aromatic carbocycles. The lowest BCUT2D eigenvalue weighted by Crippen LogP contribution is -2.27. The molecule has 1 unspecified atom stereocenters. The van der Waals surface area contributed by atoms with Crippen LogP contribution in [0.25, 0.3) is 0 Å². The van der Waals surface area contributed by atoms with Gasteiger partial charge in [0.1, 0.15) is 11.4 Å². The number of rotatable bonds is 2. The van der Waals surface area contributed by atoms with Crippen LogP contribution < -0.4 is 4.74 Å². The molecule has 20 heavy (non-hydrogen) atoms. The molecule has 0 amide bonds. The second kappa shape index (κ2) is 5.29. The first-order valence-electron chi connectivity index (χ1n) is 7.19. The monoisotopic (exact) mass is 268 g/mol. The quantitative estimate of drug-likeness (QED) is 0.842. The van der Waals surface area contributed by atoms with Crippen LogP contribution in [0, 0.1) is 0 Å². The van der Waals surface area contributed by atoms with E-state index in [0.29, 0.717) is 0 Å². The van der Waals surface area contributed by atoms with Crippen molar-refractivity contribution >= 4 is 0 Å². The van der Waals surface area contributed by atoms with Gasteiger partial charge in [-0.2, -0.15) is 0 Å². The van der Waals surface area contributed by atoms with Crippen molar-refractivity contribution in [2.45, 2.75) is 31.3 Å². The molecule has 0 heterocycles. The Morgan fingerprint density at radius 3 is 2.50 bits per heavy atom. The number of hydrogen-bond acceptors (Lipinski definition) is 2. The number of ether oxygens (including phenoxy) is 1. The lowest BCUT2D eigenvalue weighted by atomic mass is 9.82.